The summed E-state index contributed by atoms with van der Waals surface area (Å²) in [7, 11) is 0. The molecule has 0 spiro atoms. The van der Waals surface area contributed by atoms with Crippen molar-refractivity contribution < 1.29 is 9.59 Å². The Morgan fingerprint density at radius 1 is 1.15 bits per heavy atom. The van der Waals surface area contributed by atoms with Crippen molar-refractivity contribution in [3.63, 3.8) is 0 Å². The first-order valence-electron chi connectivity index (χ1n) is 9.08. The van der Waals surface area contributed by atoms with Crippen molar-refractivity contribution in [1.29, 1.82) is 0 Å². The van der Waals surface area contributed by atoms with Crippen molar-refractivity contribution in [3.8, 4) is 12.3 Å². The maximum atomic E-state index is 12.5. The van der Waals surface area contributed by atoms with Gasteiger partial charge in [-0.05, 0) is 43.1 Å². The normalized spacial score (nSPS) is 16.5. The monoisotopic (exact) mass is 361 g/mol. The maximum Gasteiger partial charge on any atom is 0.243 e. The Kier molecular flexibility index (Phi) is 6.24. The van der Waals surface area contributed by atoms with E-state index in [1.54, 1.807) is 24.3 Å². The number of rotatable bonds is 6. The molecule has 138 valence electrons. The first-order valence-corrected chi connectivity index (χ1v) is 9.08. The van der Waals surface area contributed by atoms with Gasteiger partial charge in [-0.3, -0.25) is 14.5 Å². The van der Waals surface area contributed by atoms with Crippen LogP contribution in [0.15, 0.2) is 54.6 Å². The van der Waals surface area contributed by atoms with E-state index in [0.717, 1.165) is 25.9 Å². The number of nitrogens with one attached hydrogen (secondary N) is 2. The summed E-state index contributed by atoms with van der Waals surface area (Å²) in [5.74, 6) is 2.15. The number of nitrogens with zero attached hydrogens (tertiary/aromatic N) is 1. The maximum absolute atomic E-state index is 12.5. The summed E-state index contributed by atoms with van der Waals surface area (Å²) in [5.41, 5.74) is 2.50. The summed E-state index contributed by atoms with van der Waals surface area (Å²) < 4.78 is 0. The number of hydrogen-bond donors (Lipinski definition) is 2. The Morgan fingerprint density at radius 2 is 1.96 bits per heavy atom. The van der Waals surface area contributed by atoms with E-state index in [2.05, 4.69) is 33.6 Å². The minimum atomic E-state index is -0.273. The van der Waals surface area contributed by atoms with Gasteiger partial charge >= 0.3 is 0 Å². The van der Waals surface area contributed by atoms with Crippen LogP contribution in [0.25, 0.3) is 0 Å². The highest BCUT2D eigenvalue weighted by atomic mass is 16.2. The van der Waals surface area contributed by atoms with Crippen molar-refractivity contribution in [2.24, 2.45) is 0 Å². The van der Waals surface area contributed by atoms with E-state index in [1.165, 1.54) is 5.56 Å². The molecule has 1 heterocycles. The quantitative estimate of drug-likeness (QED) is 0.777. The zero-order valence-electron chi connectivity index (χ0n) is 15.2. The van der Waals surface area contributed by atoms with E-state index >= 15 is 0 Å². The van der Waals surface area contributed by atoms with Gasteiger partial charge in [0.1, 0.15) is 0 Å². The highest BCUT2D eigenvalue weighted by molar-refractivity contribution is 5.95. The number of benzene rings is 2. The average molecular weight is 361 g/mol. The second kappa shape index (κ2) is 9.02. The number of likely N-dealkylation sites (tertiary alicyclic amines) is 1. The molecule has 1 aliphatic rings. The van der Waals surface area contributed by atoms with E-state index in [1.807, 2.05) is 18.2 Å². The molecule has 27 heavy (non-hydrogen) atoms. The molecule has 2 amide bonds. The summed E-state index contributed by atoms with van der Waals surface area (Å²) in [4.78, 5) is 26.8. The second-order valence-corrected chi connectivity index (χ2v) is 6.61. The third kappa shape index (κ3) is 5.19. The summed E-state index contributed by atoms with van der Waals surface area (Å²) in [6.07, 6.45) is 7.15. The summed E-state index contributed by atoms with van der Waals surface area (Å²) in [6.45, 7) is 1.57. The molecule has 1 saturated heterocycles. The number of hydrogen-bond acceptors (Lipinski definition) is 3. The molecule has 1 aliphatic heterocycles. The molecule has 0 bridgehead atoms. The highest BCUT2D eigenvalue weighted by Gasteiger charge is 2.30. The van der Waals surface area contributed by atoms with Crippen LogP contribution in [0.3, 0.4) is 0 Å². The lowest BCUT2D eigenvalue weighted by atomic mass is 10.1. The van der Waals surface area contributed by atoms with Crippen LogP contribution in [-0.4, -0.2) is 35.8 Å². The van der Waals surface area contributed by atoms with Crippen LogP contribution in [0, 0.1) is 12.3 Å². The number of terminal acetylenes is 1. The van der Waals surface area contributed by atoms with Crippen molar-refractivity contribution in [1.82, 2.24) is 10.2 Å². The predicted molar refractivity (Wildman–Crippen MR) is 106 cm³/mol. The molecule has 2 aromatic carbocycles. The third-order valence-electron chi connectivity index (χ3n) is 4.63. The highest BCUT2D eigenvalue weighted by Crippen LogP contribution is 2.20. The summed E-state index contributed by atoms with van der Waals surface area (Å²) in [6, 6.07) is 17.0. The third-order valence-corrected chi connectivity index (χ3v) is 4.63. The van der Waals surface area contributed by atoms with E-state index in [9.17, 15) is 9.59 Å². The van der Waals surface area contributed by atoms with Gasteiger partial charge in [-0.15, -0.1) is 6.42 Å². The molecular formula is C22H23N3O2. The molecule has 5 heteroatoms. The van der Waals surface area contributed by atoms with E-state index in [-0.39, 0.29) is 24.4 Å². The van der Waals surface area contributed by atoms with Crippen LogP contribution in [-0.2, 0) is 16.1 Å². The molecule has 2 aromatic rings. The molecule has 1 unspecified atom stereocenters. The number of carbonyl (C=O) groups is 2. The Labute approximate surface area is 159 Å². The fraction of sp³-hybridized carbons (Fsp3) is 0.273. The van der Waals surface area contributed by atoms with Crippen molar-refractivity contribution >= 4 is 17.5 Å². The fourth-order valence-corrected chi connectivity index (χ4v) is 3.31. The Hall–Kier alpha value is -3.10. The molecular weight excluding hydrogens is 338 g/mol. The minimum absolute atomic E-state index is 0.0607. The zero-order valence-corrected chi connectivity index (χ0v) is 15.2. The second-order valence-electron chi connectivity index (χ2n) is 6.61. The summed E-state index contributed by atoms with van der Waals surface area (Å²) in [5, 5.41) is 5.51. The van der Waals surface area contributed by atoms with Gasteiger partial charge in [0.25, 0.3) is 0 Å². The average Bonchev–Trinajstić information content (AvgIpc) is 3.15. The smallest absolute Gasteiger partial charge is 0.243 e. The van der Waals surface area contributed by atoms with Gasteiger partial charge in [0.2, 0.25) is 11.8 Å². The topological polar surface area (TPSA) is 61.4 Å². The van der Waals surface area contributed by atoms with Gasteiger partial charge in [0.05, 0.1) is 12.6 Å². The van der Waals surface area contributed by atoms with Crippen LogP contribution >= 0.6 is 0 Å². The van der Waals surface area contributed by atoms with Crippen molar-refractivity contribution in [2.75, 3.05) is 18.4 Å². The molecule has 2 N–H and O–H groups in total. The van der Waals surface area contributed by atoms with Gasteiger partial charge in [-0.25, -0.2) is 0 Å². The first-order chi connectivity index (χ1) is 13.2. The van der Waals surface area contributed by atoms with Gasteiger partial charge in [0.15, 0.2) is 0 Å². The van der Waals surface area contributed by atoms with Gasteiger partial charge in [-0.1, -0.05) is 42.3 Å². The molecule has 0 radical (unpaired) electrons. The van der Waals surface area contributed by atoms with Crippen LogP contribution in [0.4, 0.5) is 5.69 Å². The minimum Gasteiger partial charge on any atom is -0.346 e. The van der Waals surface area contributed by atoms with Crippen LogP contribution in [0.5, 0.6) is 0 Å². The lowest BCUT2D eigenvalue weighted by Crippen LogP contribution is -2.45. The largest absolute Gasteiger partial charge is 0.346 e. The number of carbonyl (C=O) groups excluding carboxylic acids is 2. The number of anilines is 1. The molecule has 3 rings (SSSR count). The van der Waals surface area contributed by atoms with Crippen LogP contribution in [0.2, 0.25) is 0 Å². The Morgan fingerprint density at radius 3 is 2.74 bits per heavy atom. The molecule has 1 fully saturated rings. The van der Waals surface area contributed by atoms with E-state index in [4.69, 9.17) is 6.42 Å². The van der Waals surface area contributed by atoms with Gasteiger partial charge < -0.3 is 10.6 Å². The first kappa shape index (κ1) is 18.7. The molecule has 0 aromatic heterocycles. The molecule has 0 aliphatic carbocycles. The van der Waals surface area contributed by atoms with E-state index < -0.39 is 0 Å². The van der Waals surface area contributed by atoms with E-state index in [0.29, 0.717) is 11.3 Å². The molecule has 5 nitrogen and oxygen atoms in total. The SMILES string of the molecule is C#Cc1cccc(NC(=O)CNC(=O)C2CCCN2Cc2ccccc2)c1. The predicted octanol–water partition coefficient (Wildman–Crippen LogP) is 2.39. The lowest BCUT2D eigenvalue weighted by molar-refractivity contribution is -0.127. The van der Waals surface area contributed by atoms with Gasteiger partial charge in [0, 0.05) is 17.8 Å². The Balaban J connectivity index is 1.50. The standard InChI is InChI=1S/C22H23N3O2/c1-2-17-10-6-11-19(14-17)24-21(26)15-23-22(27)20-12-7-13-25(20)16-18-8-4-3-5-9-18/h1,3-6,8-11,14,20H,7,12-13,15-16H2,(H,23,27)(H,24,26). The zero-order chi connectivity index (χ0) is 19.1. The lowest BCUT2D eigenvalue weighted by Gasteiger charge is -2.23. The van der Waals surface area contributed by atoms with Crippen molar-refractivity contribution in [2.45, 2.75) is 25.4 Å². The van der Waals surface area contributed by atoms with Crippen LogP contribution < -0.4 is 10.6 Å². The number of amides is 2. The fourth-order valence-electron chi connectivity index (χ4n) is 3.31. The molecule has 1 atom stereocenters. The van der Waals surface area contributed by atoms with Crippen molar-refractivity contribution in [3.05, 3.63) is 65.7 Å². The van der Waals surface area contributed by atoms with Gasteiger partial charge in [-0.2, -0.15) is 0 Å². The van der Waals surface area contributed by atoms with Crippen LogP contribution in [0.1, 0.15) is 24.0 Å². The summed E-state index contributed by atoms with van der Waals surface area (Å²) >= 11 is 0. The molecule has 0 saturated carbocycles. The Bertz CT molecular complexity index is 842.